The Bertz CT molecular complexity index is 3140. The maximum Gasteiger partial charge on any atom is 0.0971 e. The minimum atomic E-state index is 0.936. The molecule has 0 N–H and O–H groups in total. The molecule has 0 aliphatic rings. The molecule has 3 nitrogen and oxygen atoms in total. The predicted molar refractivity (Wildman–Crippen MR) is 223 cm³/mol. The Morgan fingerprint density at radius 3 is 1.53 bits per heavy atom. The summed E-state index contributed by atoms with van der Waals surface area (Å²) in [5.74, 6) is 0. The molecule has 0 saturated carbocycles. The largest absolute Gasteiger partial charge is 0.309 e. The van der Waals surface area contributed by atoms with Crippen LogP contribution in [0.2, 0.25) is 0 Å². The van der Waals surface area contributed by atoms with Gasteiger partial charge in [-0.15, -0.1) is 0 Å². The summed E-state index contributed by atoms with van der Waals surface area (Å²) in [7, 11) is 0. The van der Waals surface area contributed by atoms with Crippen LogP contribution in [0.4, 0.5) is 0 Å². The summed E-state index contributed by atoms with van der Waals surface area (Å²) >= 11 is 0. The molecule has 0 atom stereocenters. The minimum Gasteiger partial charge on any atom is -0.309 e. The fraction of sp³-hybridized carbons (Fsp3) is 0. The number of hydrogen-bond acceptors (Lipinski definition) is 2. The Morgan fingerprint density at radius 2 is 0.811 bits per heavy atom. The number of nitrogens with zero attached hydrogens (tertiary/aromatic N) is 3. The Balaban J connectivity index is 0.980. The van der Waals surface area contributed by atoms with Gasteiger partial charge >= 0.3 is 0 Å². The molecule has 9 aromatic carbocycles. The van der Waals surface area contributed by atoms with Crippen molar-refractivity contribution < 1.29 is 0 Å². The number of aromatic nitrogens is 3. The van der Waals surface area contributed by atoms with Crippen molar-refractivity contribution in [3.05, 3.63) is 188 Å². The topological polar surface area (TPSA) is 30.7 Å². The van der Waals surface area contributed by atoms with Gasteiger partial charge in [-0.3, -0.25) is 9.97 Å². The van der Waals surface area contributed by atoms with Gasteiger partial charge in [-0.1, -0.05) is 146 Å². The second kappa shape index (κ2) is 11.7. The summed E-state index contributed by atoms with van der Waals surface area (Å²) < 4.78 is 2.42. The van der Waals surface area contributed by atoms with E-state index in [2.05, 4.69) is 180 Å². The Kier molecular flexibility index (Phi) is 6.55. The quantitative estimate of drug-likeness (QED) is 0.174. The van der Waals surface area contributed by atoms with Crippen LogP contribution in [0.15, 0.2) is 188 Å². The summed E-state index contributed by atoms with van der Waals surface area (Å²) in [5, 5.41) is 9.66. The highest BCUT2D eigenvalue weighted by atomic mass is 15.0. The Labute approximate surface area is 306 Å². The van der Waals surface area contributed by atoms with Crippen molar-refractivity contribution in [1.82, 2.24) is 14.5 Å². The maximum atomic E-state index is 4.79. The highest BCUT2D eigenvalue weighted by Crippen LogP contribution is 2.39. The molecule has 0 unspecified atom stereocenters. The minimum absolute atomic E-state index is 0.936. The van der Waals surface area contributed by atoms with Gasteiger partial charge in [-0.2, -0.15) is 0 Å². The molecular weight excluding hydrogens is 643 g/mol. The lowest BCUT2D eigenvalue weighted by Crippen LogP contribution is -1.96. The molecule has 0 aliphatic carbocycles. The third-order valence-corrected chi connectivity index (χ3v) is 10.9. The van der Waals surface area contributed by atoms with Crippen LogP contribution in [0.5, 0.6) is 0 Å². The van der Waals surface area contributed by atoms with E-state index in [0.717, 1.165) is 27.4 Å². The normalized spacial score (nSPS) is 11.8. The molecule has 53 heavy (non-hydrogen) atoms. The van der Waals surface area contributed by atoms with Crippen molar-refractivity contribution in [2.75, 3.05) is 0 Å². The number of benzene rings is 9. The first-order valence-electron chi connectivity index (χ1n) is 18.1. The molecule has 0 aliphatic heterocycles. The van der Waals surface area contributed by atoms with E-state index in [-0.39, 0.29) is 0 Å². The summed E-state index contributed by atoms with van der Waals surface area (Å²) in [6, 6.07) is 63.9. The van der Waals surface area contributed by atoms with Crippen LogP contribution in [-0.2, 0) is 0 Å². The molecule has 2 aromatic heterocycles. The lowest BCUT2D eigenvalue weighted by atomic mass is 9.93. The van der Waals surface area contributed by atoms with Crippen LogP contribution in [0.3, 0.4) is 0 Å². The van der Waals surface area contributed by atoms with Crippen molar-refractivity contribution in [3.63, 3.8) is 0 Å². The Hall–Kier alpha value is -7.10. The first-order chi connectivity index (χ1) is 26.3. The van der Waals surface area contributed by atoms with Crippen LogP contribution in [0, 0.1) is 0 Å². The van der Waals surface area contributed by atoms with E-state index in [4.69, 9.17) is 9.97 Å². The zero-order chi connectivity index (χ0) is 34.9. The maximum absolute atomic E-state index is 4.79. The molecule has 0 amide bonds. The molecule has 0 saturated heterocycles. The van der Waals surface area contributed by atoms with Gasteiger partial charge in [0.25, 0.3) is 0 Å². The smallest absolute Gasteiger partial charge is 0.0971 e. The summed E-state index contributed by atoms with van der Waals surface area (Å²) in [6.07, 6.45) is 3.57. The molecule has 246 valence electrons. The summed E-state index contributed by atoms with van der Waals surface area (Å²) in [6.45, 7) is 0. The fourth-order valence-corrected chi connectivity index (χ4v) is 8.44. The van der Waals surface area contributed by atoms with E-state index >= 15 is 0 Å². The van der Waals surface area contributed by atoms with Crippen LogP contribution >= 0.6 is 0 Å². The van der Waals surface area contributed by atoms with Crippen LogP contribution < -0.4 is 0 Å². The van der Waals surface area contributed by atoms with Crippen molar-refractivity contribution in [3.8, 4) is 39.1 Å². The predicted octanol–water partition coefficient (Wildman–Crippen LogP) is 13.2. The van der Waals surface area contributed by atoms with Gasteiger partial charge < -0.3 is 4.57 Å². The summed E-state index contributed by atoms with van der Waals surface area (Å²) in [5.41, 5.74) is 12.6. The standard InChI is InChI=1S/C50H31N3/c1-3-14-41-38(12-1)37(26-27-48(41)53-46-18-7-5-15-42(46)43-16-6-8-19-47(43)53)33-22-20-32(21-23-33)34-10-9-11-35(30-34)36-24-25-40-39-13-2-4-17-44(39)49-50(45(40)31-36)52-29-28-51-49/h1-31H. The van der Waals surface area contributed by atoms with Crippen molar-refractivity contribution >= 4 is 65.2 Å². The molecule has 11 aromatic rings. The average Bonchev–Trinajstić information content (AvgIpc) is 3.57. The molecule has 11 rings (SSSR count). The van der Waals surface area contributed by atoms with Crippen molar-refractivity contribution in [2.45, 2.75) is 0 Å². The fourth-order valence-electron chi connectivity index (χ4n) is 8.44. The van der Waals surface area contributed by atoms with Gasteiger partial charge in [-0.25, -0.2) is 0 Å². The number of para-hydroxylation sites is 2. The van der Waals surface area contributed by atoms with Crippen LogP contribution in [0.25, 0.3) is 104 Å². The van der Waals surface area contributed by atoms with E-state index in [1.807, 2.05) is 0 Å². The molecule has 0 radical (unpaired) electrons. The van der Waals surface area contributed by atoms with Crippen LogP contribution in [0.1, 0.15) is 0 Å². The van der Waals surface area contributed by atoms with E-state index in [0.29, 0.717) is 0 Å². The lowest BCUT2D eigenvalue weighted by molar-refractivity contribution is 1.20. The summed E-state index contributed by atoms with van der Waals surface area (Å²) in [4.78, 5) is 9.52. The third kappa shape index (κ3) is 4.61. The lowest BCUT2D eigenvalue weighted by Gasteiger charge is -2.15. The third-order valence-electron chi connectivity index (χ3n) is 10.9. The zero-order valence-electron chi connectivity index (χ0n) is 28.7. The van der Waals surface area contributed by atoms with E-state index in [1.54, 1.807) is 12.4 Å². The van der Waals surface area contributed by atoms with E-state index < -0.39 is 0 Å². The van der Waals surface area contributed by atoms with Gasteiger partial charge in [0.1, 0.15) is 0 Å². The highest BCUT2D eigenvalue weighted by Gasteiger charge is 2.16. The second-order valence-electron chi connectivity index (χ2n) is 13.8. The number of hydrogen-bond donors (Lipinski definition) is 0. The van der Waals surface area contributed by atoms with Gasteiger partial charge in [0, 0.05) is 39.3 Å². The first kappa shape index (κ1) is 29.6. The number of fused-ring (bicyclic) bond motifs is 10. The van der Waals surface area contributed by atoms with E-state index in [9.17, 15) is 0 Å². The van der Waals surface area contributed by atoms with Gasteiger partial charge in [0.15, 0.2) is 0 Å². The van der Waals surface area contributed by atoms with Gasteiger partial charge in [0.05, 0.1) is 27.8 Å². The molecule has 3 heteroatoms. The molecule has 0 bridgehead atoms. The van der Waals surface area contributed by atoms with Crippen molar-refractivity contribution in [2.24, 2.45) is 0 Å². The second-order valence-corrected chi connectivity index (χ2v) is 13.8. The average molecular weight is 674 g/mol. The molecule has 2 heterocycles. The first-order valence-corrected chi connectivity index (χ1v) is 18.1. The van der Waals surface area contributed by atoms with Gasteiger partial charge in [0.2, 0.25) is 0 Å². The van der Waals surface area contributed by atoms with E-state index in [1.165, 1.54) is 76.9 Å². The Morgan fingerprint density at radius 1 is 0.302 bits per heavy atom. The SMILES string of the molecule is c1cc(-c2ccc(-c3ccc(-n4c5ccccc5c5ccccc54)c4ccccc34)cc2)cc(-c2ccc3c4ccccc4c4nccnc4c3c2)c1. The zero-order valence-corrected chi connectivity index (χ0v) is 28.7. The molecule has 0 fully saturated rings. The van der Waals surface area contributed by atoms with Crippen LogP contribution in [-0.4, -0.2) is 14.5 Å². The van der Waals surface area contributed by atoms with Crippen molar-refractivity contribution in [1.29, 1.82) is 0 Å². The molecule has 0 spiro atoms. The molecular formula is C50H31N3. The number of rotatable bonds is 4. The monoisotopic (exact) mass is 673 g/mol. The van der Waals surface area contributed by atoms with Gasteiger partial charge in [-0.05, 0) is 79.9 Å². The highest BCUT2D eigenvalue weighted by molar-refractivity contribution is 6.23.